The van der Waals surface area contributed by atoms with E-state index in [2.05, 4.69) is 15.3 Å². The number of imidazole rings is 1. The van der Waals surface area contributed by atoms with Crippen molar-refractivity contribution in [1.29, 1.82) is 0 Å². The van der Waals surface area contributed by atoms with E-state index in [1.54, 1.807) is 7.11 Å². The molecule has 25 heavy (non-hydrogen) atoms. The molecule has 1 saturated heterocycles. The second-order valence-electron chi connectivity index (χ2n) is 6.79. The minimum absolute atomic E-state index is 0.134. The van der Waals surface area contributed by atoms with Crippen LogP contribution in [0.2, 0.25) is 0 Å². The van der Waals surface area contributed by atoms with Gasteiger partial charge in [0.25, 0.3) is 0 Å². The average molecular weight is 343 g/mol. The number of nitrogens with zero attached hydrogens (tertiary/aromatic N) is 1. The van der Waals surface area contributed by atoms with Crippen LogP contribution in [0.5, 0.6) is 5.75 Å². The number of methoxy groups -OCH3 is 1. The smallest absolute Gasteiger partial charge is 0.307 e. The number of H-pyrrole nitrogens is 1. The van der Waals surface area contributed by atoms with Gasteiger partial charge in [0.1, 0.15) is 17.2 Å². The summed E-state index contributed by atoms with van der Waals surface area (Å²) in [6.45, 7) is 0.288. The predicted molar refractivity (Wildman–Crippen MR) is 89.9 cm³/mol. The Kier molecular flexibility index (Phi) is 3.86. The third-order valence-electron chi connectivity index (χ3n) is 5.26. The maximum atomic E-state index is 12.6. The van der Waals surface area contributed by atoms with E-state index in [9.17, 15) is 9.59 Å². The Hall–Kier alpha value is -2.57. The van der Waals surface area contributed by atoms with Crippen molar-refractivity contribution >= 4 is 22.9 Å². The Morgan fingerprint density at radius 1 is 1.44 bits per heavy atom. The van der Waals surface area contributed by atoms with Gasteiger partial charge in [-0.05, 0) is 37.8 Å². The summed E-state index contributed by atoms with van der Waals surface area (Å²) in [6, 6.07) is 5.58. The van der Waals surface area contributed by atoms with Crippen molar-refractivity contribution < 1.29 is 19.1 Å². The van der Waals surface area contributed by atoms with Gasteiger partial charge in [0.2, 0.25) is 5.91 Å². The van der Waals surface area contributed by atoms with Gasteiger partial charge in [-0.1, -0.05) is 0 Å². The van der Waals surface area contributed by atoms with Gasteiger partial charge in [0.15, 0.2) is 0 Å². The molecule has 1 aromatic heterocycles. The van der Waals surface area contributed by atoms with Crippen molar-refractivity contribution in [3.05, 3.63) is 24.0 Å². The monoisotopic (exact) mass is 343 g/mol. The van der Waals surface area contributed by atoms with E-state index in [-0.39, 0.29) is 24.8 Å². The number of benzene rings is 1. The minimum Gasteiger partial charge on any atom is -0.497 e. The molecule has 132 valence electrons. The summed E-state index contributed by atoms with van der Waals surface area (Å²) in [5, 5.41) is 2.91. The average Bonchev–Trinajstić information content (AvgIpc) is 3.31. The fourth-order valence-corrected chi connectivity index (χ4v) is 3.99. The highest BCUT2D eigenvalue weighted by molar-refractivity contribution is 5.88. The summed E-state index contributed by atoms with van der Waals surface area (Å²) in [5.74, 6) is 0.620. The Labute approximate surface area is 145 Å². The zero-order valence-corrected chi connectivity index (χ0v) is 14.1. The number of aromatic nitrogens is 2. The molecular weight excluding hydrogens is 322 g/mol. The zero-order chi connectivity index (χ0) is 17.4. The van der Waals surface area contributed by atoms with E-state index in [1.165, 1.54) is 0 Å². The lowest BCUT2D eigenvalue weighted by molar-refractivity contribution is -0.150. The number of hydrogen-bond acceptors (Lipinski definition) is 5. The van der Waals surface area contributed by atoms with Crippen molar-refractivity contribution in [2.75, 3.05) is 7.11 Å². The molecule has 1 aliphatic heterocycles. The van der Waals surface area contributed by atoms with Crippen LogP contribution in [-0.2, 0) is 20.9 Å². The number of hydrogen-bond donors (Lipinski definition) is 2. The van der Waals surface area contributed by atoms with Gasteiger partial charge >= 0.3 is 5.97 Å². The highest BCUT2D eigenvalue weighted by atomic mass is 16.6. The third-order valence-corrected chi connectivity index (χ3v) is 5.26. The molecule has 2 aromatic rings. The number of esters is 1. The number of rotatable bonds is 4. The van der Waals surface area contributed by atoms with E-state index in [1.807, 2.05) is 18.2 Å². The van der Waals surface area contributed by atoms with E-state index >= 15 is 0 Å². The SMILES string of the molecule is COc1ccc2nc(CNC(=O)C3CC(=O)OC34CCCC4)[nH]c2c1. The lowest BCUT2D eigenvalue weighted by Crippen LogP contribution is -2.42. The highest BCUT2D eigenvalue weighted by Crippen LogP contribution is 2.45. The normalized spacial score (nSPS) is 21.6. The Bertz CT molecular complexity index is 823. The molecule has 2 aliphatic rings. The van der Waals surface area contributed by atoms with Crippen molar-refractivity contribution in [3.63, 3.8) is 0 Å². The summed E-state index contributed by atoms with van der Waals surface area (Å²) >= 11 is 0. The quantitative estimate of drug-likeness (QED) is 0.829. The molecule has 1 amide bonds. The second kappa shape index (κ2) is 6.06. The van der Waals surface area contributed by atoms with Crippen molar-refractivity contribution in [2.24, 2.45) is 5.92 Å². The van der Waals surface area contributed by atoms with Crippen LogP contribution in [0.15, 0.2) is 18.2 Å². The molecule has 0 radical (unpaired) electrons. The molecule has 1 unspecified atom stereocenters. The second-order valence-corrected chi connectivity index (χ2v) is 6.79. The number of ether oxygens (including phenoxy) is 2. The Morgan fingerprint density at radius 3 is 3.00 bits per heavy atom. The molecule has 1 saturated carbocycles. The molecular formula is C18H21N3O4. The van der Waals surface area contributed by atoms with Gasteiger partial charge in [-0.25, -0.2) is 4.98 Å². The lowest BCUT2D eigenvalue weighted by Gasteiger charge is -2.27. The van der Waals surface area contributed by atoms with Gasteiger partial charge in [0.05, 0.1) is 37.0 Å². The van der Waals surface area contributed by atoms with Crippen LogP contribution in [0.4, 0.5) is 0 Å². The summed E-state index contributed by atoms with van der Waals surface area (Å²) in [4.78, 5) is 32.0. The van der Waals surface area contributed by atoms with Crippen LogP contribution < -0.4 is 10.1 Å². The molecule has 7 heteroatoms. The van der Waals surface area contributed by atoms with E-state index < -0.39 is 11.5 Å². The number of amides is 1. The van der Waals surface area contributed by atoms with E-state index in [0.29, 0.717) is 5.82 Å². The van der Waals surface area contributed by atoms with Gasteiger partial charge in [0, 0.05) is 6.07 Å². The maximum absolute atomic E-state index is 12.6. The molecule has 2 N–H and O–H groups in total. The fourth-order valence-electron chi connectivity index (χ4n) is 3.99. The van der Waals surface area contributed by atoms with Gasteiger partial charge in [-0.15, -0.1) is 0 Å². The summed E-state index contributed by atoms with van der Waals surface area (Å²) in [5.41, 5.74) is 1.09. The Balaban J connectivity index is 1.45. The van der Waals surface area contributed by atoms with E-state index in [0.717, 1.165) is 42.5 Å². The molecule has 2 fully saturated rings. The molecule has 4 rings (SSSR count). The topological polar surface area (TPSA) is 93.3 Å². The molecule has 1 spiro atoms. The van der Waals surface area contributed by atoms with Crippen molar-refractivity contribution in [2.45, 2.75) is 44.2 Å². The van der Waals surface area contributed by atoms with Crippen LogP contribution in [0.25, 0.3) is 11.0 Å². The number of fused-ring (bicyclic) bond motifs is 1. The molecule has 1 aliphatic carbocycles. The predicted octanol–water partition coefficient (Wildman–Crippen LogP) is 2.06. The van der Waals surface area contributed by atoms with Gasteiger partial charge < -0.3 is 19.8 Å². The summed E-state index contributed by atoms with van der Waals surface area (Å²) in [7, 11) is 1.61. The fraction of sp³-hybridized carbons (Fsp3) is 0.500. The standard InChI is InChI=1S/C18H21N3O4/c1-24-11-4-5-13-14(8-11)21-15(20-13)10-19-17(23)12-9-16(22)25-18(12)6-2-3-7-18/h4-5,8,12H,2-3,6-7,9-10H2,1H3,(H,19,23)(H,20,21). The van der Waals surface area contributed by atoms with Gasteiger partial charge in [-0.3, -0.25) is 9.59 Å². The maximum Gasteiger partial charge on any atom is 0.307 e. The summed E-state index contributed by atoms with van der Waals surface area (Å²) in [6.07, 6.45) is 3.73. The first-order chi connectivity index (χ1) is 12.1. The molecule has 1 aromatic carbocycles. The molecule has 7 nitrogen and oxygen atoms in total. The minimum atomic E-state index is -0.581. The third kappa shape index (κ3) is 2.83. The first-order valence-corrected chi connectivity index (χ1v) is 8.62. The number of aromatic amines is 1. The largest absolute Gasteiger partial charge is 0.497 e. The number of carbonyl (C=O) groups is 2. The van der Waals surface area contributed by atoms with Crippen molar-refractivity contribution in [3.8, 4) is 5.75 Å². The van der Waals surface area contributed by atoms with Crippen LogP contribution >= 0.6 is 0 Å². The van der Waals surface area contributed by atoms with Crippen LogP contribution in [0, 0.1) is 5.92 Å². The summed E-state index contributed by atoms with van der Waals surface area (Å²) < 4.78 is 10.7. The molecule has 2 heterocycles. The van der Waals surface area contributed by atoms with Crippen LogP contribution in [0.1, 0.15) is 37.9 Å². The van der Waals surface area contributed by atoms with Crippen LogP contribution in [0.3, 0.4) is 0 Å². The lowest BCUT2D eigenvalue weighted by atomic mass is 9.85. The van der Waals surface area contributed by atoms with E-state index in [4.69, 9.17) is 9.47 Å². The zero-order valence-electron chi connectivity index (χ0n) is 14.1. The Morgan fingerprint density at radius 2 is 2.24 bits per heavy atom. The molecule has 1 atom stereocenters. The highest BCUT2D eigenvalue weighted by Gasteiger charge is 2.53. The number of carbonyl (C=O) groups excluding carboxylic acids is 2. The molecule has 0 bridgehead atoms. The first-order valence-electron chi connectivity index (χ1n) is 8.62. The van der Waals surface area contributed by atoms with Crippen molar-refractivity contribution in [1.82, 2.24) is 15.3 Å². The number of nitrogens with one attached hydrogen (secondary N) is 2. The van der Waals surface area contributed by atoms with Crippen LogP contribution in [-0.4, -0.2) is 34.6 Å². The van der Waals surface area contributed by atoms with Gasteiger partial charge in [-0.2, -0.15) is 0 Å². The first kappa shape index (κ1) is 15.9.